The predicted molar refractivity (Wildman–Crippen MR) is 80.7 cm³/mol. The summed E-state index contributed by atoms with van der Waals surface area (Å²) in [6, 6.07) is 9.78. The van der Waals surface area contributed by atoms with Crippen LogP contribution in [-0.2, 0) is 9.59 Å². The molecule has 4 heteroatoms. The summed E-state index contributed by atoms with van der Waals surface area (Å²) < 4.78 is 0. The van der Waals surface area contributed by atoms with Gasteiger partial charge in [-0.3, -0.25) is 9.59 Å². The Morgan fingerprint density at radius 3 is 2.38 bits per heavy atom. The van der Waals surface area contributed by atoms with E-state index in [-0.39, 0.29) is 11.9 Å². The number of nitrogens with one attached hydrogen (secondary N) is 1. The average molecular weight is 289 g/mol. The molecular formula is C17H23NO3. The minimum atomic E-state index is -0.845. The van der Waals surface area contributed by atoms with Gasteiger partial charge in [0.1, 0.15) is 0 Å². The smallest absolute Gasteiger partial charge is 0.307 e. The molecule has 0 aliphatic heterocycles. The van der Waals surface area contributed by atoms with Crippen molar-refractivity contribution in [2.75, 3.05) is 0 Å². The summed E-state index contributed by atoms with van der Waals surface area (Å²) in [4.78, 5) is 23.8. The second-order valence-electron chi connectivity index (χ2n) is 5.72. The predicted octanol–water partition coefficient (Wildman–Crippen LogP) is 3.14. The molecule has 4 nitrogen and oxygen atoms in total. The molecule has 21 heavy (non-hydrogen) atoms. The lowest BCUT2D eigenvalue weighted by atomic mass is 9.78. The Morgan fingerprint density at radius 1 is 1.19 bits per heavy atom. The fourth-order valence-electron chi connectivity index (χ4n) is 3.13. The van der Waals surface area contributed by atoms with Crippen LogP contribution in [0.5, 0.6) is 0 Å². The molecule has 0 unspecified atom stereocenters. The topological polar surface area (TPSA) is 66.4 Å². The Labute approximate surface area is 125 Å². The third kappa shape index (κ3) is 3.84. The number of rotatable bonds is 5. The number of carboxylic acid groups (broad SMARTS) is 1. The first-order valence-electron chi connectivity index (χ1n) is 7.71. The van der Waals surface area contributed by atoms with E-state index in [2.05, 4.69) is 5.32 Å². The van der Waals surface area contributed by atoms with Gasteiger partial charge in [-0.25, -0.2) is 0 Å². The van der Waals surface area contributed by atoms with Crippen LogP contribution < -0.4 is 5.32 Å². The molecule has 1 aromatic rings. The summed E-state index contributed by atoms with van der Waals surface area (Å²) in [5.41, 5.74) is 1.07. The first-order chi connectivity index (χ1) is 10.1. The molecule has 0 saturated heterocycles. The van der Waals surface area contributed by atoms with Crippen molar-refractivity contribution in [3.8, 4) is 0 Å². The van der Waals surface area contributed by atoms with Crippen LogP contribution in [0.1, 0.15) is 50.6 Å². The van der Waals surface area contributed by atoms with Gasteiger partial charge in [0.15, 0.2) is 0 Å². The quantitative estimate of drug-likeness (QED) is 0.875. The van der Waals surface area contributed by atoms with Crippen molar-refractivity contribution in [1.29, 1.82) is 0 Å². The maximum Gasteiger partial charge on any atom is 0.307 e. The van der Waals surface area contributed by atoms with Gasteiger partial charge in [-0.05, 0) is 24.8 Å². The molecule has 1 aliphatic rings. The van der Waals surface area contributed by atoms with E-state index in [0.717, 1.165) is 24.8 Å². The van der Waals surface area contributed by atoms with Gasteiger partial charge < -0.3 is 10.4 Å². The monoisotopic (exact) mass is 289 g/mol. The van der Waals surface area contributed by atoms with Gasteiger partial charge in [0.05, 0.1) is 17.9 Å². The van der Waals surface area contributed by atoms with Crippen molar-refractivity contribution in [2.45, 2.75) is 45.1 Å². The van der Waals surface area contributed by atoms with Crippen LogP contribution in [0.15, 0.2) is 30.3 Å². The molecule has 3 atom stereocenters. The van der Waals surface area contributed by atoms with Gasteiger partial charge in [0, 0.05) is 0 Å². The third-order valence-electron chi connectivity index (χ3n) is 4.35. The highest BCUT2D eigenvalue weighted by molar-refractivity contribution is 5.85. The van der Waals surface area contributed by atoms with Crippen LogP contribution in [0, 0.1) is 11.8 Å². The van der Waals surface area contributed by atoms with Crippen molar-refractivity contribution in [1.82, 2.24) is 5.32 Å². The number of benzene rings is 1. The Hall–Kier alpha value is -1.84. The van der Waals surface area contributed by atoms with Gasteiger partial charge in [0.25, 0.3) is 0 Å². The number of carboxylic acids is 1. The van der Waals surface area contributed by atoms with Gasteiger partial charge in [-0.2, -0.15) is 0 Å². The molecule has 114 valence electrons. The van der Waals surface area contributed by atoms with Crippen molar-refractivity contribution in [2.24, 2.45) is 11.8 Å². The van der Waals surface area contributed by atoms with Gasteiger partial charge in [-0.15, -0.1) is 0 Å². The van der Waals surface area contributed by atoms with Crippen LogP contribution in [-0.4, -0.2) is 17.0 Å². The van der Waals surface area contributed by atoms with E-state index in [0.29, 0.717) is 12.8 Å². The fourth-order valence-corrected chi connectivity index (χ4v) is 3.13. The van der Waals surface area contributed by atoms with Gasteiger partial charge in [-0.1, -0.05) is 50.1 Å². The summed E-state index contributed by atoms with van der Waals surface area (Å²) in [6.07, 6.45) is 3.91. The SMILES string of the molecule is CC[C@H](NC(=O)[C@@H]1CCCC[C@@H]1C(=O)O)c1ccccc1. The van der Waals surface area contributed by atoms with Crippen LogP contribution in [0.3, 0.4) is 0 Å². The van der Waals surface area contributed by atoms with E-state index in [1.165, 1.54) is 0 Å². The Kier molecular flexibility index (Phi) is 5.37. The summed E-state index contributed by atoms with van der Waals surface area (Å²) in [6.45, 7) is 2.02. The maximum absolute atomic E-state index is 12.5. The molecule has 0 heterocycles. The highest BCUT2D eigenvalue weighted by atomic mass is 16.4. The number of hydrogen-bond donors (Lipinski definition) is 2. The van der Waals surface area contributed by atoms with Crippen LogP contribution in [0.4, 0.5) is 0 Å². The highest BCUT2D eigenvalue weighted by Crippen LogP contribution is 2.31. The Balaban J connectivity index is 2.06. The zero-order valence-corrected chi connectivity index (χ0v) is 12.4. The van der Waals surface area contributed by atoms with Crippen LogP contribution >= 0.6 is 0 Å². The zero-order valence-electron chi connectivity index (χ0n) is 12.4. The fraction of sp³-hybridized carbons (Fsp3) is 0.529. The van der Waals surface area contributed by atoms with Crippen LogP contribution in [0.25, 0.3) is 0 Å². The molecule has 2 N–H and O–H groups in total. The Morgan fingerprint density at radius 2 is 1.81 bits per heavy atom. The van der Waals surface area contributed by atoms with Crippen LogP contribution in [0.2, 0.25) is 0 Å². The molecule has 0 bridgehead atoms. The lowest BCUT2D eigenvalue weighted by Gasteiger charge is -2.29. The molecule has 1 aliphatic carbocycles. The largest absolute Gasteiger partial charge is 0.481 e. The molecule has 1 fully saturated rings. The maximum atomic E-state index is 12.5. The first kappa shape index (κ1) is 15.5. The first-order valence-corrected chi connectivity index (χ1v) is 7.71. The van der Waals surface area contributed by atoms with E-state index in [9.17, 15) is 14.7 Å². The minimum absolute atomic E-state index is 0.0462. The molecule has 2 rings (SSSR count). The van der Waals surface area contributed by atoms with E-state index < -0.39 is 17.8 Å². The van der Waals surface area contributed by atoms with Crippen molar-refractivity contribution in [3.63, 3.8) is 0 Å². The molecule has 1 aromatic carbocycles. The minimum Gasteiger partial charge on any atom is -0.481 e. The highest BCUT2D eigenvalue weighted by Gasteiger charge is 2.36. The molecular weight excluding hydrogens is 266 g/mol. The second-order valence-corrected chi connectivity index (χ2v) is 5.72. The number of hydrogen-bond acceptors (Lipinski definition) is 2. The molecule has 1 amide bonds. The van der Waals surface area contributed by atoms with Crippen molar-refractivity contribution >= 4 is 11.9 Å². The van der Waals surface area contributed by atoms with E-state index in [1.807, 2.05) is 37.3 Å². The molecule has 1 saturated carbocycles. The lowest BCUT2D eigenvalue weighted by Crippen LogP contribution is -2.41. The summed E-state index contributed by atoms with van der Waals surface area (Å²) >= 11 is 0. The van der Waals surface area contributed by atoms with E-state index in [1.54, 1.807) is 0 Å². The van der Waals surface area contributed by atoms with Crippen molar-refractivity contribution < 1.29 is 14.7 Å². The normalized spacial score (nSPS) is 23.3. The summed E-state index contributed by atoms with van der Waals surface area (Å²) in [5, 5.41) is 12.3. The van der Waals surface area contributed by atoms with E-state index in [4.69, 9.17) is 0 Å². The summed E-state index contributed by atoms with van der Waals surface area (Å²) in [5.74, 6) is -1.89. The average Bonchev–Trinajstić information content (AvgIpc) is 2.53. The molecule has 0 spiro atoms. The number of amides is 1. The number of carbonyl (C=O) groups excluding carboxylic acids is 1. The number of aliphatic carboxylic acids is 1. The molecule has 0 radical (unpaired) electrons. The zero-order chi connectivity index (χ0) is 15.2. The number of carbonyl (C=O) groups is 2. The molecule has 0 aromatic heterocycles. The third-order valence-corrected chi connectivity index (χ3v) is 4.35. The Bertz CT molecular complexity index is 486. The lowest BCUT2D eigenvalue weighted by molar-refractivity contribution is -0.149. The van der Waals surface area contributed by atoms with Gasteiger partial charge in [0.2, 0.25) is 5.91 Å². The second kappa shape index (κ2) is 7.25. The summed E-state index contributed by atoms with van der Waals surface area (Å²) in [7, 11) is 0. The van der Waals surface area contributed by atoms with E-state index >= 15 is 0 Å². The van der Waals surface area contributed by atoms with Gasteiger partial charge >= 0.3 is 5.97 Å². The van der Waals surface area contributed by atoms with Crippen molar-refractivity contribution in [3.05, 3.63) is 35.9 Å². The standard InChI is InChI=1S/C17H23NO3/c1-2-15(12-8-4-3-5-9-12)18-16(19)13-10-6-7-11-14(13)17(20)21/h3-5,8-9,13-15H,2,6-7,10-11H2,1H3,(H,18,19)(H,20,21)/t13-,14+,15+/m1/s1.